The third-order valence-electron chi connectivity index (χ3n) is 5.18. The molecule has 1 heterocycles. The predicted octanol–water partition coefficient (Wildman–Crippen LogP) is 2.81. The molecule has 0 bridgehead atoms. The van der Waals surface area contributed by atoms with Gasteiger partial charge in [0.2, 0.25) is 0 Å². The van der Waals surface area contributed by atoms with Crippen LogP contribution in [0.2, 0.25) is 0 Å². The van der Waals surface area contributed by atoms with Crippen LogP contribution in [0.15, 0.2) is 48.5 Å². The number of carbonyl (C=O) groups excluding carboxylic acids is 1. The van der Waals surface area contributed by atoms with Crippen molar-refractivity contribution >= 4 is 15.7 Å². The molecule has 1 fully saturated rings. The van der Waals surface area contributed by atoms with Crippen molar-refractivity contribution in [1.29, 1.82) is 0 Å². The molecule has 0 radical (unpaired) electrons. The minimum atomic E-state index is -3.10. The lowest BCUT2D eigenvalue weighted by molar-refractivity contribution is 0.0937. The highest BCUT2D eigenvalue weighted by molar-refractivity contribution is 7.89. The minimum Gasteiger partial charge on any atom is -0.496 e. The van der Waals surface area contributed by atoms with Crippen LogP contribution in [-0.2, 0) is 15.6 Å². The van der Waals surface area contributed by atoms with E-state index < -0.39 is 9.84 Å². The van der Waals surface area contributed by atoms with Crippen molar-refractivity contribution in [3.8, 4) is 5.75 Å². The molecule has 0 spiro atoms. The van der Waals surface area contributed by atoms with E-state index in [0.717, 1.165) is 37.2 Å². The standard InChI is InChI=1S/C22H28N2O4S/c1-28-21-8-4-3-7-19(21)20(24-13-5-6-14-24)15-23-22(25)18-11-9-17(10-12-18)16-29(2,26)27/h3-4,7-12,20H,5-6,13-16H2,1-2H3,(H,23,25). The zero-order valence-corrected chi connectivity index (χ0v) is 17.7. The predicted molar refractivity (Wildman–Crippen MR) is 114 cm³/mol. The molecule has 1 aliphatic heterocycles. The van der Waals surface area contributed by atoms with Crippen molar-refractivity contribution in [1.82, 2.24) is 10.2 Å². The Kier molecular flexibility index (Phi) is 6.92. The van der Waals surface area contributed by atoms with E-state index in [0.29, 0.717) is 17.7 Å². The number of ether oxygens (including phenoxy) is 1. The lowest BCUT2D eigenvalue weighted by Gasteiger charge is -2.29. The summed E-state index contributed by atoms with van der Waals surface area (Å²) in [6.45, 7) is 2.47. The summed E-state index contributed by atoms with van der Waals surface area (Å²) in [7, 11) is -1.43. The van der Waals surface area contributed by atoms with Gasteiger partial charge in [0.05, 0.1) is 18.9 Å². The number of benzene rings is 2. The van der Waals surface area contributed by atoms with E-state index in [-0.39, 0.29) is 17.7 Å². The van der Waals surface area contributed by atoms with Gasteiger partial charge in [-0.1, -0.05) is 30.3 Å². The molecule has 3 rings (SSSR count). The number of methoxy groups -OCH3 is 1. The average Bonchev–Trinajstić information content (AvgIpc) is 3.22. The molecule has 1 unspecified atom stereocenters. The Hall–Kier alpha value is -2.38. The number of sulfone groups is 1. The second-order valence-electron chi connectivity index (χ2n) is 7.48. The van der Waals surface area contributed by atoms with E-state index in [1.54, 1.807) is 31.4 Å². The maximum absolute atomic E-state index is 12.7. The Morgan fingerprint density at radius 3 is 2.38 bits per heavy atom. The number of rotatable bonds is 8. The topological polar surface area (TPSA) is 75.7 Å². The van der Waals surface area contributed by atoms with Crippen LogP contribution in [0.25, 0.3) is 0 Å². The Bertz CT molecular complexity index is 936. The quantitative estimate of drug-likeness (QED) is 0.716. The zero-order valence-electron chi connectivity index (χ0n) is 16.9. The van der Waals surface area contributed by atoms with Gasteiger partial charge >= 0.3 is 0 Å². The number of carbonyl (C=O) groups is 1. The fourth-order valence-electron chi connectivity index (χ4n) is 3.78. The van der Waals surface area contributed by atoms with E-state index >= 15 is 0 Å². The number of nitrogens with one attached hydrogen (secondary N) is 1. The molecule has 0 aromatic heterocycles. The van der Waals surface area contributed by atoms with Crippen LogP contribution in [0.4, 0.5) is 0 Å². The van der Waals surface area contributed by atoms with Gasteiger partial charge in [-0.15, -0.1) is 0 Å². The number of para-hydroxylation sites is 1. The first-order valence-electron chi connectivity index (χ1n) is 9.79. The van der Waals surface area contributed by atoms with Crippen LogP contribution in [0, 0.1) is 0 Å². The van der Waals surface area contributed by atoms with E-state index in [9.17, 15) is 13.2 Å². The zero-order chi connectivity index (χ0) is 20.9. The molecule has 156 valence electrons. The molecule has 2 aromatic rings. The minimum absolute atomic E-state index is 0.0280. The number of likely N-dealkylation sites (tertiary alicyclic amines) is 1. The third kappa shape index (κ3) is 5.81. The normalized spacial score (nSPS) is 15.8. The van der Waals surface area contributed by atoms with Gasteiger partial charge in [0.25, 0.3) is 5.91 Å². The van der Waals surface area contributed by atoms with Crippen LogP contribution < -0.4 is 10.1 Å². The monoisotopic (exact) mass is 416 g/mol. The first-order valence-corrected chi connectivity index (χ1v) is 11.9. The summed E-state index contributed by atoms with van der Waals surface area (Å²) in [6, 6.07) is 14.7. The summed E-state index contributed by atoms with van der Waals surface area (Å²) in [6.07, 6.45) is 3.51. The highest BCUT2D eigenvalue weighted by Gasteiger charge is 2.26. The van der Waals surface area contributed by atoms with E-state index in [4.69, 9.17) is 4.74 Å². The van der Waals surface area contributed by atoms with Crippen molar-refractivity contribution in [3.05, 3.63) is 65.2 Å². The van der Waals surface area contributed by atoms with Gasteiger partial charge in [-0.3, -0.25) is 9.69 Å². The maximum Gasteiger partial charge on any atom is 0.251 e. The summed E-state index contributed by atoms with van der Waals surface area (Å²) in [5, 5.41) is 3.04. The lowest BCUT2D eigenvalue weighted by atomic mass is 10.0. The van der Waals surface area contributed by atoms with Crippen molar-refractivity contribution in [3.63, 3.8) is 0 Å². The highest BCUT2D eigenvalue weighted by Crippen LogP contribution is 2.31. The molecule has 1 saturated heterocycles. The second kappa shape index (κ2) is 9.41. The lowest BCUT2D eigenvalue weighted by Crippen LogP contribution is -2.37. The average molecular weight is 417 g/mol. The molecule has 1 aliphatic rings. The Labute approximate surface area is 172 Å². The van der Waals surface area contributed by atoms with Crippen LogP contribution in [0.3, 0.4) is 0 Å². The van der Waals surface area contributed by atoms with Crippen molar-refractivity contribution in [2.45, 2.75) is 24.6 Å². The Morgan fingerprint density at radius 1 is 1.10 bits per heavy atom. The van der Waals surface area contributed by atoms with E-state index in [2.05, 4.69) is 10.2 Å². The van der Waals surface area contributed by atoms with Gasteiger partial charge in [0, 0.05) is 23.9 Å². The summed E-state index contributed by atoms with van der Waals surface area (Å²) in [4.78, 5) is 15.0. The van der Waals surface area contributed by atoms with Crippen LogP contribution >= 0.6 is 0 Å². The number of amides is 1. The number of hydrogen-bond donors (Lipinski definition) is 1. The van der Waals surface area contributed by atoms with Crippen molar-refractivity contribution in [2.24, 2.45) is 0 Å². The van der Waals surface area contributed by atoms with Crippen molar-refractivity contribution < 1.29 is 17.9 Å². The molecular weight excluding hydrogens is 388 g/mol. The molecule has 7 heteroatoms. The molecule has 6 nitrogen and oxygen atoms in total. The molecule has 2 aromatic carbocycles. The molecule has 0 saturated carbocycles. The van der Waals surface area contributed by atoms with Gasteiger partial charge in [-0.05, 0) is 49.7 Å². The Balaban J connectivity index is 1.71. The van der Waals surface area contributed by atoms with Crippen LogP contribution in [0.5, 0.6) is 5.75 Å². The first-order chi connectivity index (χ1) is 13.9. The molecular formula is C22H28N2O4S. The van der Waals surface area contributed by atoms with Crippen LogP contribution in [-0.4, -0.2) is 52.2 Å². The first kappa shape index (κ1) is 21.3. The smallest absolute Gasteiger partial charge is 0.251 e. The van der Waals surface area contributed by atoms with Gasteiger partial charge < -0.3 is 10.1 Å². The summed E-state index contributed by atoms with van der Waals surface area (Å²) in [5.41, 5.74) is 2.26. The van der Waals surface area contributed by atoms with Crippen molar-refractivity contribution in [2.75, 3.05) is 33.0 Å². The number of hydrogen-bond acceptors (Lipinski definition) is 5. The Morgan fingerprint density at radius 2 is 1.76 bits per heavy atom. The van der Waals surface area contributed by atoms with Gasteiger partial charge in [0.1, 0.15) is 5.75 Å². The fourth-order valence-corrected chi connectivity index (χ4v) is 4.58. The van der Waals surface area contributed by atoms with Gasteiger partial charge in [0.15, 0.2) is 9.84 Å². The summed E-state index contributed by atoms with van der Waals surface area (Å²) < 4.78 is 28.4. The SMILES string of the molecule is COc1ccccc1C(CNC(=O)c1ccc(CS(C)(=O)=O)cc1)N1CCCC1. The largest absolute Gasteiger partial charge is 0.496 e. The molecule has 1 atom stereocenters. The van der Waals surface area contributed by atoms with Gasteiger partial charge in [-0.2, -0.15) is 0 Å². The maximum atomic E-state index is 12.7. The second-order valence-corrected chi connectivity index (χ2v) is 9.62. The van der Waals surface area contributed by atoms with E-state index in [1.807, 2.05) is 24.3 Å². The van der Waals surface area contributed by atoms with Gasteiger partial charge in [-0.25, -0.2) is 8.42 Å². The summed E-state index contributed by atoms with van der Waals surface area (Å²) >= 11 is 0. The summed E-state index contributed by atoms with van der Waals surface area (Å²) in [5.74, 6) is 0.624. The fraction of sp³-hybridized carbons (Fsp3) is 0.409. The molecule has 1 N–H and O–H groups in total. The highest BCUT2D eigenvalue weighted by atomic mass is 32.2. The number of nitrogens with zero attached hydrogens (tertiary/aromatic N) is 1. The molecule has 0 aliphatic carbocycles. The van der Waals surface area contributed by atoms with Crippen LogP contribution in [0.1, 0.15) is 40.4 Å². The molecule has 1 amide bonds. The molecule has 29 heavy (non-hydrogen) atoms. The third-order valence-corrected chi connectivity index (χ3v) is 6.04. The van der Waals surface area contributed by atoms with E-state index in [1.165, 1.54) is 6.26 Å².